The summed E-state index contributed by atoms with van der Waals surface area (Å²) in [6.07, 6.45) is 2.50. The van der Waals surface area contributed by atoms with Gasteiger partial charge >= 0.3 is 0 Å². The Labute approximate surface area is 177 Å². The lowest BCUT2D eigenvalue weighted by Gasteiger charge is -2.34. The van der Waals surface area contributed by atoms with Crippen molar-refractivity contribution in [2.75, 3.05) is 56.0 Å². The third kappa shape index (κ3) is 4.67. The molecule has 1 N–H and O–H groups in total. The maximum Gasteiger partial charge on any atom is 0.257 e. The number of hydrogen-bond donors (Lipinski definition) is 1. The molecule has 1 aromatic heterocycles. The van der Waals surface area contributed by atoms with Crippen LogP contribution in [0.1, 0.15) is 34.7 Å². The number of piperazine rings is 1. The fourth-order valence-corrected chi connectivity index (χ4v) is 4.26. The summed E-state index contributed by atoms with van der Waals surface area (Å²) in [7, 11) is 0. The molecule has 2 amide bonds. The van der Waals surface area contributed by atoms with E-state index in [1.54, 1.807) is 6.07 Å². The normalized spacial score (nSPS) is 17.4. The number of furan rings is 1. The number of rotatable bonds is 5. The van der Waals surface area contributed by atoms with Crippen molar-refractivity contribution in [1.82, 2.24) is 9.80 Å². The molecule has 0 unspecified atom stereocenters. The van der Waals surface area contributed by atoms with Crippen LogP contribution < -0.4 is 10.2 Å². The van der Waals surface area contributed by atoms with Crippen molar-refractivity contribution in [1.29, 1.82) is 0 Å². The SMILES string of the molecule is Cc1cc(C(=O)N2CCN(CC(=O)Nc3ccc(N4CCCC4)cc3)CC2)c(C)o1. The number of nitrogens with one attached hydrogen (secondary N) is 1. The fraction of sp³-hybridized carbons (Fsp3) is 0.478. The molecule has 2 aromatic rings. The van der Waals surface area contributed by atoms with Gasteiger partial charge in [0.05, 0.1) is 12.1 Å². The third-order valence-corrected chi connectivity index (χ3v) is 5.92. The van der Waals surface area contributed by atoms with Gasteiger partial charge in [-0.3, -0.25) is 14.5 Å². The number of carbonyl (C=O) groups excluding carboxylic acids is 2. The van der Waals surface area contributed by atoms with Gasteiger partial charge in [0.1, 0.15) is 11.5 Å². The van der Waals surface area contributed by atoms with Gasteiger partial charge in [-0.1, -0.05) is 0 Å². The second-order valence-corrected chi connectivity index (χ2v) is 8.18. The highest BCUT2D eigenvalue weighted by molar-refractivity contribution is 5.95. The molecule has 0 bridgehead atoms. The molecule has 0 aliphatic carbocycles. The van der Waals surface area contributed by atoms with Crippen LogP contribution in [0.25, 0.3) is 0 Å². The van der Waals surface area contributed by atoms with E-state index in [0.717, 1.165) is 24.5 Å². The summed E-state index contributed by atoms with van der Waals surface area (Å²) in [5, 5.41) is 2.99. The molecule has 2 fully saturated rings. The number of nitrogens with zero attached hydrogens (tertiary/aromatic N) is 3. The Morgan fingerprint density at radius 3 is 2.23 bits per heavy atom. The van der Waals surface area contributed by atoms with Gasteiger partial charge in [-0.2, -0.15) is 0 Å². The summed E-state index contributed by atoms with van der Waals surface area (Å²) >= 11 is 0. The van der Waals surface area contributed by atoms with E-state index in [-0.39, 0.29) is 11.8 Å². The number of amides is 2. The highest BCUT2D eigenvalue weighted by Gasteiger charge is 2.25. The van der Waals surface area contributed by atoms with Crippen molar-refractivity contribution in [3.05, 3.63) is 47.4 Å². The first-order chi connectivity index (χ1) is 14.5. The van der Waals surface area contributed by atoms with E-state index in [1.807, 2.05) is 30.9 Å². The highest BCUT2D eigenvalue weighted by atomic mass is 16.3. The second kappa shape index (κ2) is 8.92. The Morgan fingerprint density at radius 2 is 1.63 bits per heavy atom. The number of anilines is 2. The van der Waals surface area contributed by atoms with E-state index >= 15 is 0 Å². The van der Waals surface area contributed by atoms with Crippen LogP contribution in [0.4, 0.5) is 11.4 Å². The lowest BCUT2D eigenvalue weighted by molar-refractivity contribution is -0.117. The first-order valence-corrected chi connectivity index (χ1v) is 10.7. The van der Waals surface area contributed by atoms with E-state index in [0.29, 0.717) is 44.0 Å². The van der Waals surface area contributed by atoms with Crippen LogP contribution >= 0.6 is 0 Å². The van der Waals surface area contributed by atoms with E-state index < -0.39 is 0 Å². The summed E-state index contributed by atoms with van der Waals surface area (Å²) < 4.78 is 5.48. The molecular weight excluding hydrogens is 380 g/mol. The molecule has 160 valence electrons. The van der Waals surface area contributed by atoms with Gasteiger partial charge in [-0.25, -0.2) is 0 Å². The molecule has 2 aliphatic heterocycles. The van der Waals surface area contributed by atoms with E-state index in [9.17, 15) is 9.59 Å². The summed E-state index contributed by atoms with van der Waals surface area (Å²) in [5.74, 6) is 1.39. The third-order valence-electron chi connectivity index (χ3n) is 5.92. The molecule has 0 atom stereocenters. The highest BCUT2D eigenvalue weighted by Crippen LogP contribution is 2.22. The zero-order valence-electron chi connectivity index (χ0n) is 17.8. The van der Waals surface area contributed by atoms with Gasteiger partial charge < -0.3 is 19.5 Å². The van der Waals surface area contributed by atoms with Crippen molar-refractivity contribution in [3.63, 3.8) is 0 Å². The molecule has 0 spiro atoms. The van der Waals surface area contributed by atoms with E-state index in [4.69, 9.17) is 4.42 Å². The van der Waals surface area contributed by atoms with Gasteiger partial charge in [0.25, 0.3) is 5.91 Å². The summed E-state index contributed by atoms with van der Waals surface area (Å²) in [6, 6.07) is 9.89. The average molecular weight is 411 g/mol. The maximum absolute atomic E-state index is 12.7. The molecule has 2 aliphatic rings. The van der Waals surface area contributed by atoms with Crippen LogP contribution in [0.2, 0.25) is 0 Å². The van der Waals surface area contributed by atoms with Crippen molar-refractivity contribution < 1.29 is 14.0 Å². The standard InChI is InChI=1S/C23H30N4O3/c1-17-15-21(18(2)30-17)23(29)27-13-11-25(12-14-27)16-22(28)24-19-5-7-20(8-6-19)26-9-3-4-10-26/h5-8,15H,3-4,9-14,16H2,1-2H3,(H,24,28). The molecule has 7 heteroatoms. The minimum Gasteiger partial charge on any atom is -0.466 e. The Morgan fingerprint density at radius 1 is 0.967 bits per heavy atom. The first-order valence-electron chi connectivity index (χ1n) is 10.7. The Hall–Kier alpha value is -2.80. The monoisotopic (exact) mass is 410 g/mol. The van der Waals surface area contributed by atoms with Crippen molar-refractivity contribution in [3.8, 4) is 0 Å². The van der Waals surface area contributed by atoms with Crippen molar-refractivity contribution in [2.45, 2.75) is 26.7 Å². The van der Waals surface area contributed by atoms with E-state index in [1.165, 1.54) is 18.5 Å². The number of aryl methyl sites for hydroxylation is 2. The second-order valence-electron chi connectivity index (χ2n) is 8.18. The molecule has 3 heterocycles. The predicted octanol–water partition coefficient (Wildman–Crippen LogP) is 2.89. The number of hydrogen-bond acceptors (Lipinski definition) is 5. The number of carbonyl (C=O) groups is 2. The predicted molar refractivity (Wildman–Crippen MR) is 117 cm³/mol. The molecular formula is C23H30N4O3. The fourth-order valence-electron chi connectivity index (χ4n) is 4.26. The van der Waals surface area contributed by atoms with Crippen LogP contribution in [-0.2, 0) is 4.79 Å². The van der Waals surface area contributed by atoms with Crippen LogP contribution in [0, 0.1) is 13.8 Å². The first kappa shape index (κ1) is 20.5. The molecule has 0 radical (unpaired) electrons. The summed E-state index contributed by atoms with van der Waals surface area (Å²) in [4.78, 5) is 31.4. The maximum atomic E-state index is 12.7. The Bertz CT molecular complexity index is 892. The summed E-state index contributed by atoms with van der Waals surface area (Å²) in [6.45, 7) is 8.81. The molecule has 30 heavy (non-hydrogen) atoms. The topological polar surface area (TPSA) is 69.0 Å². The Kier molecular flexibility index (Phi) is 6.08. The van der Waals surface area contributed by atoms with E-state index in [2.05, 4.69) is 27.2 Å². The van der Waals surface area contributed by atoms with Gasteiger partial charge in [0.15, 0.2) is 0 Å². The largest absolute Gasteiger partial charge is 0.466 e. The minimum absolute atomic E-state index is 0.00606. The average Bonchev–Trinajstić information content (AvgIpc) is 3.38. The van der Waals surface area contributed by atoms with Crippen LogP contribution in [-0.4, -0.2) is 67.4 Å². The zero-order chi connectivity index (χ0) is 21.1. The minimum atomic E-state index is -0.0231. The molecule has 4 rings (SSSR count). The molecule has 1 aromatic carbocycles. The molecule has 7 nitrogen and oxygen atoms in total. The lowest BCUT2D eigenvalue weighted by Crippen LogP contribution is -2.50. The number of benzene rings is 1. The van der Waals surface area contributed by atoms with Gasteiger partial charge in [0.2, 0.25) is 5.91 Å². The summed E-state index contributed by atoms with van der Waals surface area (Å²) in [5.41, 5.74) is 2.67. The van der Waals surface area contributed by atoms with Crippen LogP contribution in [0.3, 0.4) is 0 Å². The molecule has 0 saturated carbocycles. The quantitative estimate of drug-likeness (QED) is 0.821. The van der Waals surface area contributed by atoms with Crippen molar-refractivity contribution in [2.24, 2.45) is 0 Å². The van der Waals surface area contributed by atoms with Crippen molar-refractivity contribution >= 4 is 23.2 Å². The lowest BCUT2D eigenvalue weighted by atomic mass is 10.2. The van der Waals surface area contributed by atoms with Crippen LogP contribution in [0.15, 0.2) is 34.7 Å². The van der Waals surface area contributed by atoms with Crippen LogP contribution in [0.5, 0.6) is 0 Å². The zero-order valence-corrected chi connectivity index (χ0v) is 17.8. The van der Waals surface area contributed by atoms with Gasteiger partial charge in [0, 0.05) is 50.6 Å². The Balaban J connectivity index is 1.24. The van der Waals surface area contributed by atoms with Gasteiger partial charge in [-0.15, -0.1) is 0 Å². The molecule has 2 saturated heterocycles. The van der Waals surface area contributed by atoms with Gasteiger partial charge in [-0.05, 0) is 57.0 Å². The smallest absolute Gasteiger partial charge is 0.257 e.